The molecule has 4 heterocycles. The molecule has 212 valence electrons. The largest absolute Gasteiger partial charge is 0.440 e. The van der Waals surface area contributed by atoms with Crippen molar-refractivity contribution in [3.63, 3.8) is 0 Å². The van der Waals surface area contributed by atoms with Crippen molar-refractivity contribution in [2.45, 2.75) is 51.6 Å². The molecule has 1 aromatic carbocycles. The zero-order valence-electron chi connectivity index (χ0n) is 23.7. The van der Waals surface area contributed by atoms with Crippen molar-refractivity contribution in [2.24, 2.45) is 15.9 Å². The van der Waals surface area contributed by atoms with Crippen molar-refractivity contribution in [3.05, 3.63) is 53.2 Å². The van der Waals surface area contributed by atoms with Gasteiger partial charge in [0.15, 0.2) is 29.1 Å². The molecule has 0 amide bonds. The van der Waals surface area contributed by atoms with E-state index in [-0.39, 0.29) is 17.8 Å². The zero-order chi connectivity index (χ0) is 27.8. The summed E-state index contributed by atoms with van der Waals surface area (Å²) >= 11 is 0. The van der Waals surface area contributed by atoms with Gasteiger partial charge in [0.2, 0.25) is 0 Å². The van der Waals surface area contributed by atoms with Gasteiger partial charge in [-0.05, 0) is 64.9 Å². The molecule has 1 saturated heterocycles. The minimum Gasteiger partial charge on any atom is -0.440 e. The Morgan fingerprint density at radius 3 is 2.88 bits per heavy atom. The van der Waals surface area contributed by atoms with E-state index in [4.69, 9.17) is 19.5 Å². The molecule has 10 heteroatoms. The molecule has 3 aromatic rings. The molecule has 0 radical (unpaired) electrons. The number of aryl methyl sites for hydroxylation is 1. The first-order valence-electron chi connectivity index (χ1n) is 14.2. The molecule has 0 bridgehead atoms. The molecular weight excluding hydrogens is 509 g/mol. The van der Waals surface area contributed by atoms with E-state index >= 15 is 4.39 Å². The van der Waals surface area contributed by atoms with Crippen LogP contribution in [0, 0.1) is 18.7 Å². The van der Waals surface area contributed by atoms with Crippen molar-refractivity contribution >= 4 is 28.5 Å². The monoisotopic (exact) mass is 547 g/mol. The summed E-state index contributed by atoms with van der Waals surface area (Å²) in [7, 11) is 4.13. The highest BCUT2D eigenvalue weighted by Crippen LogP contribution is 2.40. The fourth-order valence-corrected chi connectivity index (χ4v) is 5.48. The van der Waals surface area contributed by atoms with Crippen LogP contribution in [-0.2, 0) is 4.74 Å². The first kappa shape index (κ1) is 26.7. The number of morpholine rings is 1. The number of benzene rings is 1. The number of hydrogen-bond acceptors (Lipinski definition) is 6. The first-order valence-corrected chi connectivity index (χ1v) is 14.2. The molecule has 2 unspecified atom stereocenters. The van der Waals surface area contributed by atoms with Gasteiger partial charge < -0.3 is 24.3 Å². The summed E-state index contributed by atoms with van der Waals surface area (Å²) in [5, 5.41) is 8.07. The van der Waals surface area contributed by atoms with Gasteiger partial charge in [-0.25, -0.2) is 9.38 Å². The minimum absolute atomic E-state index is 0.0446. The van der Waals surface area contributed by atoms with Gasteiger partial charge in [-0.3, -0.25) is 5.10 Å². The third-order valence-electron chi connectivity index (χ3n) is 7.77. The number of aromatic nitrogens is 3. The van der Waals surface area contributed by atoms with Crippen LogP contribution in [0.2, 0.25) is 0 Å². The molecule has 2 aliphatic heterocycles. The van der Waals surface area contributed by atoms with Gasteiger partial charge >= 0.3 is 0 Å². The predicted octanol–water partition coefficient (Wildman–Crippen LogP) is 5.30. The van der Waals surface area contributed by atoms with E-state index in [1.807, 2.05) is 25.1 Å². The Morgan fingerprint density at radius 1 is 1.23 bits per heavy atom. The second kappa shape index (κ2) is 11.2. The lowest BCUT2D eigenvalue weighted by Gasteiger charge is -2.37. The van der Waals surface area contributed by atoms with Crippen molar-refractivity contribution < 1.29 is 13.9 Å². The predicted molar refractivity (Wildman–Crippen MR) is 155 cm³/mol. The summed E-state index contributed by atoms with van der Waals surface area (Å²) < 4.78 is 27.7. The number of rotatable bonds is 6. The summed E-state index contributed by atoms with van der Waals surface area (Å²) in [6.45, 7) is 7.16. The number of H-pyrrole nitrogens is 2. The van der Waals surface area contributed by atoms with E-state index in [1.54, 1.807) is 12.1 Å². The highest BCUT2D eigenvalue weighted by atomic mass is 19.1. The van der Waals surface area contributed by atoms with Crippen LogP contribution in [0.3, 0.4) is 0 Å². The van der Waals surface area contributed by atoms with E-state index in [2.05, 4.69) is 46.0 Å². The average Bonchev–Trinajstić information content (AvgIpc) is 3.53. The summed E-state index contributed by atoms with van der Waals surface area (Å²) in [4.78, 5) is 17.4. The molecule has 2 fully saturated rings. The van der Waals surface area contributed by atoms with Crippen molar-refractivity contribution in [1.82, 2.24) is 25.0 Å². The SMILES string of the molecule is Cc1cc2c(F)c(OC3=NC(=Nc4cc(C5CC5)[nH]n4)/C=C(/N4CCOC(CN(C)C)C4)CCC3C)ccc2[nH]1. The van der Waals surface area contributed by atoms with Crippen LogP contribution in [0.25, 0.3) is 10.9 Å². The molecule has 6 rings (SSSR count). The topological polar surface area (TPSA) is 94.1 Å². The third-order valence-corrected chi connectivity index (χ3v) is 7.77. The number of hydrogen-bond donors (Lipinski definition) is 2. The molecule has 2 atom stereocenters. The first-order chi connectivity index (χ1) is 19.3. The molecule has 1 saturated carbocycles. The normalized spacial score (nSPS) is 24.6. The minimum atomic E-state index is -0.393. The zero-order valence-corrected chi connectivity index (χ0v) is 23.7. The lowest BCUT2D eigenvalue weighted by molar-refractivity contribution is -0.0283. The smallest absolute Gasteiger partial charge is 0.199 e. The molecule has 1 aliphatic carbocycles. The third kappa shape index (κ3) is 5.97. The lowest BCUT2D eigenvalue weighted by atomic mass is 10.0. The number of fused-ring (bicyclic) bond motifs is 1. The number of aromatic amines is 2. The highest BCUT2D eigenvalue weighted by molar-refractivity contribution is 6.04. The number of halogens is 1. The molecule has 40 heavy (non-hydrogen) atoms. The summed E-state index contributed by atoms with van der Waals surface area (Å²) in [6, 6.07) is 7.30. The highest BCUT2D eigenvalue weighted by Gasteiger charge is 2.28. The number of aliphatic imine (C=N–C) groups is 2. The number of amidine groups is 1. The number of nitrogens with one attached hydrogen (secondary N) is 2. The van der Waals surface area contributed by atoms with Crippen molar-refractivity contribution in [1.29, 1.82) is 0 Å². The average molecular weight is 548 g/mol. The molecule has 2 aromatic heterocycles. The summed E-state index contributed by atoms with van der Waals surface area (Å²) in [6.07, 6.45) is 6.17. The number of allylic oxidation sites excluding steroid dienone is 1. The van der Waals surface area contributed by atoms with Gasteiger partial charge in [0, 0.05) is 71.6 Å². The summed E-state index contributed by atoms with van der Waals surface area (Å²) in [5.74, 6) is 1.81. The molecule has 2 N–H and O–H groups in total. The van der Waals surface area contributed by atoms with Gasteiger partial charge in [-0.15, -0.1) is 0 Å². The van der Waals surface area contributed by atoms with Gasteiger partial charge in [-0.1, -0.05) is 6.92 Å². The van der Waals surface area contributed by atoms with E-state index < -0.39 is 5.82 Å². The van der Waals surface area contributed by atoms with Crippen LogP contribution >= 0.6 is 0 Å². The number of ether oxygens (including phenoxy) is 2. The van der Waals surface area contributed by atoms with Crippen LogP contribution in [-0.4, -0.2) is 83.2 Å². The second-order valence-electron chi connectivity index (χ2n) is 11.5. The van der Waals surface area contributed by atoms with Crippen molar-refractivity contribution in [3.8, 4) is 5.75 Å². The molecular formula is C30H38FN7O2. The Bertz CT molecular complexity index is 1470. The molecule has 3 aliphatic rings. The molecule has 0 spiro atoms. The fourth-order valence-electron chi connectivity index (χ4n) is 5.48. The summed E-state index contributed by atoms with van der Waals surface area (Å²) in [5.41, 5.74) is 3.93. The van der Waals surface area contributed by atoms with Crippen LogP contribution in [0.5, 0.6) is 5.75 Å². The Hall–Kier alpha value is -3.50. The van der Waals surface area contributed by atoms with Crippen LogP contribution in [0.1, 0.15) is 49.9 Å². The fraction of sp³-hybridized carbons (Fsp3) is 0.500. The maximum Gasteiger partial charge on any atom is 0.199 e. The van der Waals surface area contributed by atoms with Crippen LogP contribution < -0.4 is 4.74 Å². The van der Waals surface area contributed by atoms with E-state index in [1.165, 1.54) is 18.5 Å². The Balaban J connectivity index is 1.34. The maximum absolute atomic E-state index is 15.4. The number of likely N-dealkylation sites (N-methyl/N-ethyl adjacent to an activating group) is 1. The van der Waals surface area contributed by atoms with Gasteiger partial charge in [0.05, 0.1) is 12.7 Å². The van der Waals surface area contributed by atoms with Crippen LogP contribution in [0.15, 0.2) is 46.0 Å². The van der Waals surface area contributed by atoms with E-state index in [0.717, 1.165) is 49.4 Å². The van der Waals surface area contributed by atoms with E-state index in [9.17, 15) is 0 Å². The quantitative estimate of drug-likeness (QED) is 0.437. The molecule has 9 nitrogen and oxygen atoms in total. The Morgan fingerprint density at radius 2 is 2.08 bits per heavy atom. The number of nitrogens with zero attached hydrogens (tertiary/aromatic N) is 5. The van der Waals surface area contributed by atoms with Crippen molar-refractivity contribution in [2.75, 3.05) is 40.3 Å². The lowest BCUT2D eigenvalue weighted by Crippen LogP contribution is -2.46. The van der Waals surface area contributed by atoms with Gasteiger partial charge in [0.25, 0.3) is 0 Å². The Kier molecular flexibility index (Phi) is 7.46. The Labute approximate surface area is 234 Å². The van der Waals surface area contributed by atoms with E-state index in [0.29, 0.717) is 35.5 Å². The standard InChI is InChI=1S/C30H38FN7O2/c1-18-5-8-21(38-11-12-39-22(17-38)16-37(3)4)14-27(33-28-15-25(35-36-28)20-6-7-20)34-30(18)40-26-10-9-24-23(29(26)31)13-19(2)32-24/h9-10,13-15,18,20,22,32H,5-8,11-12,16-17H2,1-4H3,(H,35,36)/b21-14+,33-27?,34-30?. The van der Waals surface area contributed by atoms with Crippen LogP contribution in [0.4, 0.5) is 10.2 Å². The van der Waals surface area contributed by atoms with Gasteiger partial charge in [0.1, 0.15) is 0 Å². The second-order valence-corrected chi connectivity index (χ2v) is 11.5. The van der Waals surface area contributed by atoms with Gasteiger partial charge in [-0.2, -0.15) is 10.1 Å². The maximum atomic E-state index is 15.4.